The molecule has 0 bridgehead atoms. The van der Waals surface area contributed by atoms with Gasteiger partial charge in [0.2, 0.25) is 0 Å². The molecule has 0 radical (unpaired) electrons. The smallest absolute Gasteiger partial charge is 0.323 e. The van der Waals surface area contributed by atoms with Crippen molar-refractivity contribution in [3.8, 4) is 6.07 Å². The number of nitrogens with zero attached hydrogens (tertiary/aromatic N) is 1. The molecule has 1 aromatic heterocycles. The fourth-order valence-corrected chi connectivity index (χ4v) is 4.19. The number of H-pyrrole nitrogens is 1. The van der Waals surface area contributed by atoms with Crippen LogP contribution in [0, 0.1) is 11.3 Å². The summed E-state index contributed by atoms with van der Waals surface area (Å²) in [5.41, 5.74) is 5.96. The van der Waals surface area contributed by atoms with Gasteiger partial charge in [0.25, 0.3) is 5.91 Å². The molecule has 8 nitrogen and oxygen atoms in total. The second kappa shape index (κ2) is 9.99. The van der Waals surface area contributed by atoms with Crippen molar-refractivity contribution in [3.05, 3.63) is 102 Å². The summed E-state index contributed by atoms with van der Waals surface area (Å²) in [6, 6.07) is 25.9. The number of nitrogens with one attached hydrogen (secondary N) is 5. The number of fused-ring (bicyclic) bond motifs is 1. The van der Waals surface area contributed by atoms with E-state index in [0.717, 1.165) is 33.9 Å². The van der Waals surface area contributed by atoms with Gasteiger partial charge in [-0.25, -0.2) is 4.79 Å². The van der Waals surface area contributed by atoms with Crippen molar-refractivity contribution in [2.75, 3.05) is 21.3 Å². The van der Waals surface area contributed by atoms with E-state index in [1.807, 2.05) is 86.8 Å². The SMILES string of the molecule is CC(C)(C#N)c1cccc(NC(=O)Nc2cccc(Nc3ccc4c(c3)NC(=O)/C4=C/c3ccc[nH]3)c2)c1. The number of nitriles is 1. The standard InChI is InChI=1S/C30H26N6O2/c1-30(2,18-31)19-6-3-7-21(14-19)34-29(38)35-23-9-4-8-22(15-23)33-24-11-12-25-26(16-20-10-5-13-32-20)28(37)36-27(25)17-24/h3-17,32-33H,1-2H3,(H,36,37)(H2,34,35,38)/b26-16+. The molecule has 188 valence electrons. The summed E-state index contributed by atoms with van der Waals surface area (Å²) in [4.78, 5) is 28.2. The molecule has 1 aliphatic rings. The van der Waals surface area contributed by atoms with Crippen molar-refractivity contribution in [3.63, 3.8) is 0 Å². The zero-order valence-electron chi connectivity index (χ0n) is 20.9. The second-order valence-corrected chi connectivity index (χ2v) is 9.50. The van der Waals surface area contributed by atoms with Crippen molar-refractivity contribution in [1.29, 1.82) is 5.26 Å². The molecule has 1 aliphatic heterocycles. The van der Waals surface area contributed by atoms with Crippen LogP contribution >= 0.6 is 0 Å². The van der Waals surface area contributed by atoms with Crippen molar-refractivity contribution in [1.82, 2.24) is 4.98 Å². The molecule has 2 heterocycles. The summed E-state index contributed by atoms with van der Waals surface area (Å²) in [7, 11) is 0. The Morgan fingerprint density at radius 2 is 1.61 bits per heavy atom. The Bertz CT molecular complexity index is 1600. The van der Waals surface area contributed by atoms with E-state index in [1.54, 1.807) is 18.2 Å². The number of urea groups is 1. The number of carbonyl (C=O) groups is 2. The first-order chi connectivity index (χ1) is 18.3. The van der Waals surface area contributed by atoms with Gasteiger partial charge in [0.1, 0.15) is 0 Å². The first-order valence-corrected chi connectivity index (χ1v) is 12.1. The van der Waals surface area contributed by atoms with Crippen LogP contribution in [-0.2, 0) is 10.2 Å². The highest BCUT2D eigenvalue weighted by atomic mass is 16.2. The van der Waals surface area contributed by atoms with Gasteiger partial charge in [-0.1, -0.05) is 24.3 Å². The zero-order chi connectivity index (χ0) is 26.7. The molecule has 3 amide bonds. The lowest BCUT2D eigenvalue weighted by atomic mass is 9.86. The van der Waals surface area contributed by atoms with Crippen LogP contribution in [0.3, 0.4) is 0 Å². The van der Waals surface area contributed by atoms with Crippen LogP contribution in [0.5, 0.6) is 0 Å². The maximum absolute atomic E-state index is 12.6. The quantitative estimate of drug-likeness (QED) is 0.188. The van der Waals surface area contributed by atoms with E-state index >= 15 is 0 Å². The predicted molar refractivity (Wildman–Crippen MR) is 151 cm³/mol. The van der Waals surface area contributed by atoms with Gasteiger partial charge in [0.15, 0.2) is 0 Å². The molecule has 38 heavy (non-hydrogen) atoms. The van der Waals surface area contributed by atoms with Gasteiger partial charge < -0.3 is 26.3 Å². The van der Waals surface area contributed by atoms with Gasteiger partial charge >= 0.3 is 6.03 Å². The van der Waals surface area contributed by atoms with Gasteiger partial charge in [-0.3, -0.25) is 4.79 Å². The van der Waals surface area contributed by atoms with Crippen molar-refractivity contribution in [2.24, 2.45) is 0 Å². The molecule has 0 spiro atoms. The van der Waals surface area contributed by atoms with Crippen LogP contribution < -0.4 is 21.3 Å². The highest BCUT2D eigenvalue weighted by Crippen LogP contribution is 2.35. The molecule has 0 saturated heterocycles. The Labute approximate surface area is 220 Å². The highest BCUT2D eigenvalue weighted by Gasteiger charge is 2.24. The topological polar surface area (TPSA) is 122 Å². The van der Waals surface area contributed by atoms with E-state index in [0.29, 0.717) is 16.9 Å². The Morgan fingerprint density at radius 3 is 2.34 bits per heavy atom. The van der Waals surface area contributed by atoms with Crippen LogP contribution in [0.1, 0.15) is 30.7 Å². The number of hydrogen-bond donors (Lipinski definition) is 5. The lowest BCUT2D eigenvalue weighted by Gasteiger charge is -2.17. The van der Waals surface area contributed by atoms with Crippen molar-refractivity contribution >= 4 is 52.0 Å². The maximum Gasteiger partial charge on any atom is 0.323 e. The minimum atomic E-state index is -0.658. The number of rotatable bonds is 6. The van der Waals surface area contributed by atoms with Crippen molar-refractivity contribution < 1.29 is 9.59 Å². The Morgan fingerprint density at radius 1 is 0.895 bits per heavy atom. The van der Waals surface area contributed by atoms with Gasteiger partial charge in [0, 0.05) is 40.2 Å². The molecule has 0 saturated carbocycles. The summed E-state index contributed by atoms with van der Waals surface area (Å²) in [5.74, 6) is -0.148. The van der Waals surface area contributed by atoms with E-state index < -0.39 is 11.4 Å². The van der Waals surface area contributed by atoms with Crippen LogP contribution in [0.25, 0.3) is 11.6 Å². The number of anilines is 5. The molecule has 4 aromatic rings. The van der Waals surface area contributed by atoms with Gasteiger partial charge in [-0.15, -0.1) is 0 Å². The Hall–Kier alpha value is -5.29. The molecular formula is C30H26N6O2. The zero-order valence-corrected chi connectivity index (χ0v) is 20.9. The van der Waals surface area contributed by atoms with Crippen molar-refractivity contribution in [2.45, 2.75) is 19.3 Å². The third-order valence-electron chi connectivity index (χ3n) is 6.26. The van der Waals surface area contributed by atoms with Gasteiger partial charge in [-0.05, 0) is 80.1 Å². The Balaban J connectivity index is 1.26. The van der Waals surface area contributed by atoms with Crippen LogP contribution in [-0.4, -0.2) is 16.9 Å². The van der Waals surface area contributed by atoms with Gasteiger partial charge in [-0.2, -0.15) is 5.26 Å². The summed E-state index contributed by atoms with van der Waals surface area (Å²) in [5, 5.41) is 21.3. The lowest BCUT2D eigenvalue weighted by molar-refractivity contribution is -0.110. The summed E-state index contributed by atoms with van der Waals surface area (Å²) < 4.78 is 0. The molecule has 0 atom stereocenters. The molecule has 8 heteroatoms. The monoisotopic (exact) mass is 502 g/mol. The first-order valence-electron chi connectivity index (χ1n) is 12.1. The average molecular weight is 503 g/mol. The summed E-state index contributed by atoms with van der Waals surface area (Å²) in [6.45, 7) is 3.66. The van der Waals surface area contributed by atoms with Gasteiger partial charge in [0.05, 0.1) is 22.7 Å². The number of hydrogen-bond acceptors (Lipinski definition) is 4. The highest BCUT2D eigenvalue weighted by molar-refractivity contribution is 6.35. The summed E-state index contributed by atoms with van der Waals surface area (Å²) in [6.07, 6.45) is 3.64. The Kier molecular flexibility index (Phi) is 6.42. The average Bonchev–Trinajstić information content (AvgIpc) is 3.52. The summed E-state index contributed by atoms with van der Waals surface area (Å²) >= 11 is 0. The largest absolute Gasteiger partial charge is 0.362 e. The predicted octanol–water partition coefficient (Wildman–Crippen LogP) is 6.70. The van der Waals surface area contributed by atoms with E-state index in [-0.39, 0.29) is 5.91 Å². The molecular weight excluding hydrogens is 476 g/mol. The van der Waals surface area contributed by atoms with Crippen LogP contribution in [0.2, 0.25) is 0 Å². The van der Waals surface area contributed by atoms with Crippen LogP contribution in [0.4, 0.5) is 33.2 Å². The minimum absolute atomic E-state index is 0.148. The molecule has 0 unspecified atom stereocenters. The minimum Gasteiger partial charge on any atom is -0.362 e. The normalized spacial score (nSPS) is 13.4. The van der Waals surface area contributed by atoms with E-state index in [2.05, 4.69) is 32.3 Å². The number of carbonyl (C=O) groups excluding carboxylic acids is 2. The molecule has 0 fully saturated rings. The number of aromatic amines is 1. The van der Waals surface area contributed by atoms with E-state index in [1.165, 1.54) is 0 Å². The fraction of sp³-hybridized carbons (Fsp3) is 0.100. The first kappa shape index (κ1) is 24.4. The van der Waals surface area contributed by atoms with E-state index in [9.17, 15) is 14.9 Å². The number of amides is 3. The second-order valence-electron chi connectivity index (χ2n) is 9.50. The maximum atomic E-state index is 12.6. The number of aromatic nitrogens is 1. The molecule has 5 N–H and O–H groups in total. The van der Waals surface area contributed by atoms with Crippen LogP contribution in [0.15, 0.2) is 85.1 Å². The third-order valence-corrected chi connectivity index (χ3v) is 6.26. The molecule has 5 rings (SSSR count). The van der Waals surface area contributed by atoms with E-state index in [4.69, 9.17) is 0 Å². The fourth-order valence-electron chi connectivity index (χ4n) is 4.19. The third kappa shape index (κ3) is 5.27. The lowest BCUT2D eigenvalue weighted by Crippen LogP contribution is -2.20. The molecule has 0 aliphatic carbocycles. The number of benzene rings is 3. The molecule has 3 aromatic carbocycles.